The highest BCUT2D eigenvalue weighted by Gasteiger charge is 2.38. The molecule has 132 valence electrons. The lowest BCUT2D eigenvalue weighted by molar-refractivity contribution is -0.145. The van der Waals surface area contributed by atoms with Crippen LogP contribution in [0.1, 0.15) is 41.0 Å². The monoisotopic (exact) mass is 328 g/mol. The quantitative estimate of drug-likeness (QED) is 0.819. The number of hydrogen-bond donors (Lipinski definition) is 2. The van der Waals surface area contributed by atoms with Gasteiger partial charge in [0.1, 0.15) is 5.60 Å². The number of ether oxygens (including phenoxy) is 1. The molecule has 0 saturated carbocycles. The zero-order valence-corrected chi connectivity index (χ0v) is 14.6. The van der Waals surface area contributed by atoms with E-state index >= 15 is 0 Å². The minimum absolute atomic E-state index is 0.0677. The Morgan fingerprint density at radius 2 is 1.78 bits per heavy atom. The average molecular weight is 328 g/mol. The van der Waals surface area contributed by atoms with Gasteiger partial charge in [-0.3, -0.25) is 9.59 Å². The molecule has 0 bridgehead atoms. The molecule has 0 aromatic rings. The molecule has 1 saturated heterocycles. The fraction of sp³-hybridized carbons (Fsp3) is 0.812. The van der Waals surface area contributed by atoms with Crippen LogP contribution in [0.4, 0.5) is 4.79 Å². The first kappa shape index (κ1) is 19.3. The Bertz CT molecular complexity index is 456. The predicted molar refractivity (Wildman–Crippen MR) is 84.9 cm³/mol. The molecule has 2 unspecified atom stereocenters. The first-order valence-electron chi connectivity index (χ1n) is 7.98. The molecule has 0 spiro atoms. The van der Waals surface area contributed by atoms with E-state index in [2.05, 4.69) is 5.32 Å². The smallest absolute Gasteiger partial charge is 0.410 e. The van der Waals surface area contributed by atoms with E-state index in [-0.39, 0.29) is 25.4 Å². The molecule has 1 heterocycles. The van der Waals surface area contributed by atoms with E-state index in [1.807, 2.05) is 13.8 Å². The highest BCUT2D eigenvalue weighted by Crippen LogP contribution is 2.24. The summed E-state index contributed by atoms with van der Waals surface area (Å²) in [4.78, 5) is 37.1. The molecule has 23 heavy (non-hydrogen) atoms. The van der Waals surface area contributed by atoms with Gasteiger partial charge < -0.3 is 20.1 Å². The molecule has 0 aliphatic carbocycles. The minimum Gasteiger partial charge on any atom is -0.481 e. The van der Waals surface area contributed by atoms with Crippen LogP contribution in [0.5, 0.6) is 0 Å². The molecule has 1 aliphatic rings. The topological polar surface area (TPSA) is 95.9 Å². The fourth-order valence-electron chi connectivity index (χ4n) is 2.39. The third kappa shape index (κ3) is 6.46. The van der Waals surface area contributed by atoms with Crippen LogP contribution in [0.25, 0.3) is 0 Å². The minimum atomic E-state index is -1.00. The summed E-state index contributed by atoms with van der Waals surface area (Å²) < 4.78 is 5.29. The largest absolute Gasteiger partial charge is 0.481 e. The van der Waals surface area contributed by atoms with Crippen molar-refractivity contribution < 1.29 is 24.2 Å². The van der Waals surface area contributed by atoms with Gasteiger partial charge in [-0.15, -0.1) is 0 Å². The van der Waals surface area contributed by atoms with Gasteiger partial charge in [0.05, 0.1) is 11.8 Å². The molecule has 1 rings (SSSR count). The number of nitrogens with zero attached hydrogens (tertiary/aromatic N) is 1. The Hall–Kier alpha value is -1.79. The van der Waals surface area contributed by atoms with Crippen LogP contribution in [0.3, 0.4) is 0 Å². The van der Waals surface area contributed by atoms with E-state index in [0.29, 0.717) is 12.5 Å². The predicted octanol–water partition coefficient (Wildman–Crippen LogP) is 1.72. The van der Waals surface area contributed by atoms with Crippen molar-refractivity contribution in [3.8, 4) is 0 Å². The van der Waals surface area contributed by atoms with Crippen molar-refractivity contribution in [3.05, 3.63) is 0 Å². The van der Waals surface area contributed by atoms with Crippen LogP contribution in [0.2, 0.25) is 0 Å². The number of nitrogens with one attached hydrogen (secondary N) is 1. The van der Waals surface area contributed by atoms with Gasteiger partial charge in [0.2, 0.25) is 5.91 Å². The van der Waals surface area contributed by atoms with Crippen molar-refractivity contribution in [2.24, 2.45) is 17.8 Å². The molecule has 2 N–H and O–H groups in total. The molecule has 2 atom stereocenters. The number of carbonyl (C=O) groups is 3. The van der Waals surface area contributed by atoms with Gasteiger partial charge in [0, 0.05) is 19.6 Å². The summed E-state index contributed by atoms with van der Waals surface area (Å²) in [5.74, 6) is -2.19. The van der Waals surface area contributed by atoms with Crippen LogP contribution >= 0.6 is 0 Å². The zero-order valence-electron chi connectivity index (χ0n) is 14.6. The molecule has 1 aliphatic heterocycles. The Balaban J connectivity index is 2.78. The Labute approximate surface area is 137 Å². The van der Waals surface area contributed by atoms with Gasteiger partial charge in [-0.1, -0.05) is 13.8 Å². The summed E-state index contributed by atoms with van der Waals surface area (Å²) in [6.07, 6.45) is -0.344. The molecule has 1 fully saturated rings. The maximum Gasteiger partial charge on any atom is 0.410 e. The van der Waals surface area contributed by atoms with E-state index in [1.165, 1.54) is 4.90 Å². The number of carboxylic acid groups (broad SMARTS) is 1. The molecular formula is C16H28N2O5. The number of carbonyl (C=O) groups excluding carboxylic acids is 2. The summed E-state index contributed by atoms with van der Waals surface area (Å²) in [5, 5.41) is 12.1. The van der Waals surface area contributed by atoms with Crippen LogP contribution in [-0.2, 0) is 14.3 Å². The van der Waals surface area contributed by atoms with E-state index in [1.54, 1.807) is 20.8 Å². The standard InChI is InChI=1S/C16H28N2O5/c1-10(2)7-17-13(19)11-6-12(14(20)21)9-18(8-11)15(22)23-16(3,4)5/h10-12H,6-9H2,1-5H3,(H,17,19)(H,20,21). The van der Waals surface area contributed by atoms with Gasteiger partial charge in [-0.2, -0.15) is 0 Å². The highest BCUT2D eigenvalue weighted by atomic mass is 16.6. The number of aliphatic carboxylic acids is 1. The fourth-order valence-corrected chi connectivity index (χ4v) is 2.39. The maximum atomic E-state index is 12.2. The average Bonchev–Trinajstić information content (AvgIpc) is 2.42. The van der Waals surface area contributed by atoms with E-state index in [4.69, 9.17) is 4.74 Å². The first-order chi connectivity index (χ1) is 10.5. The van der Waals surface area contributed by atoms with Crippen molar-refractivity contribution in [3.63, 3.8) is 0 Å². The summed E-state index contributed by atoms with van der Waals surface area (Å²) in [6, 6.07) is 0. The van der Waals surface area contributed by atoms with E-state index in [0.717, 1.165) is 0 Å². The molecule has 0 aromatic heterocycles. The van der Waals surface area contributed by atoms with Crippen molar-refractivity contribution in [2.45, 2.75) is 46.6 Å². The number of likely N-dealkylation sites (tertiary alicyclic amines) is 1. The lowest BCUT2D eigenvalue weighted by atomic mass is 9.88. The number of rotatable bonds is 4. The van der Waals surface area contributed by atoms with E-state index in [9.17, 15) is 19.5 Å². The van der Waals surface area contributed by atoms with Gasteiger partial charge in [-0.05, 0) is 33.1 Å². The van der Waals surface area contributed by atoms with Gasteiger partial charge in [-0.25, -0.2) is 4.79 Å². The van der Waals surface area contributed by atoms with Crippen LogP contribution in [0, 0.1) is 17.8 Å². The van der Waals surface area contributed by atoms with Crippen LogP contribution in [0.15, 0.2) is 0 Å². The molecule has 2 amide bonds. The number of piperidine rings is 1. The number of carboxylic acids is 1. The van der Waals surface area contributed by atoms with Crippen molar-refractivity contribution in [1.82, 2.24) is 10.2 Å². The second-order valence-electron chi connectivity index (χ2n) is 7.49. The summed E-state index contributed by atoms with van der Waals surface area (Å²) in [6.45, 7) is 9.98. The molecule has 7 heteroatoms. The molecule has 7 nitrogen and oxygen atoms in total. The Morgan fingerprint density at radius 1 is 1.22 bits per heavy atom. The Morgan fingerprint density at radius 3 is 2.26 bits per heavy atom. The van der Waals surface area contributed by atoms with Crippen molar-refractivity contribution in [2.75, 3.05) is 19.6 Å². The Kier molecular flexibility index (Phi) is 6.41. The van der Waals surface area contributed by atoms with E-state index < -0.39 is 29.5 Å². The molecular weight excluding hydrogens is 300 g/mol. The van der Waals surface area contributed by atoms with Gasteiger partial charge in [0.15, 0.2) is 0 Å². The summed E-state index contributed by atoms with van der Waals surface area (Å²) in [5.41, 5.74) is -0.664. The number of amides is 2. The maximum absolute atomic E-state index is 12.2. The summed E-state index contributed by atoms with van der Waals surface area (Å²) >= 11 is 0. The molecule has 0 aromatic carbocycles. The first-order valence-corrected chi connectivity index (χ1v) is 7.98. The lowest BCUT2D eigenvalue weighted by Crippen LogP contribution is -2.51. The SMILES string of the molecule is CC(C)CNC(=O)C1CC(C(=O)O)CN(C(=O)OC(C)(C)C)C1. The lowest BCUT2D eigenvalue weighted by Gasteiger charge is -2.36. The van der Waals surface area contributed by atoms with Crippen molar-refractivity contribution >= 4 is 18.0 Å². The van der Waals surface area contributed by atoms with Gasteiger partial charge >= 0.3 is 12.1 Å². The third-order valence-corrected chi connectivity index (χ3v) is 3.51. The van der Waals surface area contributed by atoms with Crippen LogP contribution in [-0.4, -0.2) is 53.2 Å². The highest BCUT2D eigenvalue weighted by molar-refractivity contribution is 5.82. The van der Waals surface area contributed by atoms with Gasteiger partial charge in [0.25, 0.3) is 0 Å². The second kappa shape index (κ2) is 7.66. The van der Waals surface area contributed by atoms with Crippen LogP contribution < -0.4 is 5.32 Å². The second-order valence-corrected chi connectivity index (χ2v) is 7.49. The third-order valence-electron chi connectivity index (χ3n) is 3.51. The zero-order chi connectivity index (χ0) is 17.8. The van der Waals surface area contributed by atoms with Crippen molar-refractivity contribution in [1.29, 1.82) is 0 Å². The summed E-state index contributed by atoms with van der Waals surface area (Å²) in [7, 11) is 0. The molecule has 0 radical (unpaired) electrons. The number of hydrogen-bond acceptors (Lipinski definition) is 4. The normalized spacial score (nSPS) is 21.9.